The molecule has 1 aromatic heterocycles. The lowest BCUT2D eigenvalue weighted by molar-refractivity contribution is 0.284. The van der Waals surface area contributed by atoms with E-state index in [4.69, 9.17) is 9.47 Å². The minimum atomic E-state index is 0.486. The Labute approximate surface area is 179 Å². The molecular weight excluding hydrogens is 394 g/mol. The summed E-state index contributed by atoms with van der Waals surface area (Å²) in [4.78, 5) is 4.56. The minimum Gasteiger partial charge on any atom is -0.493 e. The van der Waals surface area contributed by atoms with E-state index >= 15 is 0 Å². The van der Waals surface area contributed by atoms with Gasteiger partial charge in [-0.3, -0.25) is 5.43 Å². The highest BCUT2D eigenvalue weighted by molar-refractivity contribution is 7.14. The van der Waals surface area contributed by atoms with Crippen LogP contribution in [0.25, 0.3) is 11.3 Å². The lowest BCUT2D eigenvalue weighted by Crippen LogP contribution is -1.98. The van der Waals surface area contributed by atoms with Crippen LogP contribution in [0.5, 0.6) is 11.5 Å². The average molecular weight is 416 g/mol. The molecule has 0 amide bonds. The van der Waals surface area contributed by atoms with Crippen LogP contribution >= 0.6 is 11.3 Å². The minimum absolute atomic E-state index is 0.486. The van der Waals surface area contributed by atoms with E-state index in [1.165, 1.54) is 11.3 Å². The van der Waals surface area contributed by atoms with Crippen molar-refractivity contribution in [2.24, 2.45) is 5.10 Å². The van der Waals surface area contributed by atoms with Gasteiger partial charge >= 0.3 is 0 Å². The molecule has 0 fully saturated rings. The van der Waals surface area contributed by atoms with E-state index in [-0.39, 0.29) is 0 Å². The highest BCUT2D eigenvalue weighted by atomic mass is 32.1. The fourth-order valence-corrected chi connectivity index (χ4v) is 3.52. The number of rotatable bonds is 8. The van der Waals surface area contributed by atoms with Crippen molar-refractivity contribution in [2.45, 2.75) is 6.61 Å². The zero-order valence-corrected chi connectivity index (χ0v) is 17.3. The van der Waals surface area contributed by atoms with Gasteiger partial charge in [0.15, 0.2) is 11.5 Å². The molecule has 6 heteroatoms. The van der Waals surface area contributed by atoms with Gasteiger partial charge in [0.05, 0.1) is 19.0 Å². The Hall–Kier alpha value is -3.64. The Bertz CT molecular complexity index is 1110. The molecule has 0 radical (unpaired) electrons. The first-order valence-corrected chi connectivity index (χ1v) is 10.3. The molecule has 1 heterocycles. The maximum Gasteiger partial charge on any atom is 0.203 e. The van der Waals surface area contributed by atoms with Gasteiger partial charge in [0.1, 0.15) is 6.61 Å². The van der Waals surface area contributed by atoms with Crippen LogP contribution in [0.4, 0.5) is 5.13 Å². The highest BCUT2D eigenvalue weighted by Gasteiger charge is 2.06. The lowest BCUT2D eigenvalue weighted by atomic mass is 10.2. The highest BCUT2D eigenvalue weighted by Crippen LogP contribution is 2.28. The van der Waals surface area contributed by atoms with Gasteiger partial charge in [-0.25, -0.2) is 4.98 Å². The number of aromatic nitrogens is 1. The molecule has 0 aliphatic heterocycles. The number of nitrogens with zero attached hydrogens (tertiary/aromatic N) is 2. The van der Waals surface area contributed by atoms with Crippen LogP contribution < -0.4 is 14.9 Å². The zero-order chi connectivity index (χ0) is 20.6. The Morgan fingerprint density at radius 3 is 2.50 bits per heavy atom. The van der Waals surface area contributed by atoms with Crippen LogP contribution in [-0.2, 0) is 6.61 Å². The van der Waals surface area contributed by atoms with Gasteiger partial charge in [-0.1, -0.05) is 60.7 Å². The van der Waals surface area contributed by atoms with Gasteiger partial charge in [0.25, 0.3) is 0 Å². The summed E-state index contributed by atoms with van der Waals surface area (Å²) in [5.74, 6) is 1.36. The summed E-state index contributed by atoms with van der Waals surface area (Å²) >= 11 is 1.51. The molecule has 4 rings (SSSR count). The van der Waals surface area contributed by atoms with E-state index in [1.807, 2.05) is 84.2 Å². The van der Waals surface area contributed by atoms with Gasteiger partial charge in [-0.15, -0.1) is 11.3 Å². The van der Waals surface area contributed by atoms with Crippen LogP contribution in [0.15, 0.2) is 89.3 Å². The molecule has 1 N–H and O–H groups in total. The van der Waals surface area contributed by atoms with Crippen LogP contribution in [-0.4, -0.2) is 18.3 Å². The van der Waals surface area contributed by atoms with E-state index in [0.717, 1.165) is 27.5 Å². The number of thiazole rings is 1. The number of hydrogen-bond acceptors (Lipinski definition) is 6. The van der Waals surface area contributed by atoms with Crippen LogP contribution in [0.1, 0.15) is 11.1 Å². The molecule has 0 aliphatic carbocycles. The Balaban J connectivity index is 1.38. The largest absolute Gasteiger partial charge is 0.493 e. The lowest BCUT2D eigenvalue weighted by Gasteiger charge is -2.11. The summed E-state index contributed by atoms with van der Waals surface area (Å²) in [6.07, 6.45) is 1.73. The van der Waals surface area contributed by atoms with Gasteiger partial charge in [0, 0.05) is 10.9 Å². The quantitative estimate of drug-likeness (QED) is 0.290. The number of anilines is 1. The molecule has 0 aliphatic rings. The number of ether oxygens (including phenoxy) is 2. The topological polar surface area (TPSA) is 55.7 Å². The molecule has 0 spiro atoms. The first kappa shape index (κ1) is 19.7. The summed E-state index contributed by atoms with van der Waals surface area (Å²) in [5, 5.41) is 7.04. The van der Waals surface area contributed by atoms with Crippen LogP contribution in [0.3, 0.4) is 0 Å². The van der Waals surface area contributed by atoms with Crippen molar-refractivity contribution in [3.05, 3.63) is 95.4 Å². The number of nitrogens with one attached hydrogen (secondary N) is 1. The van der Waals surface area contributed by atoms with Crippen molar-refractivity contribution in [2.75, 3.05) is 12.5 Å². The van der Waals surface area contributed by atoms with Crippen molar-refractivity contribution in [3.63, 3.8) is 0 Å². The molecule has 0 atom stereocenters. The zero-order valence-electron chi connectivity index (χ0n) is 16.5. The molecule has 5 nitrogen and oxygen atoms in total. The van der Waals surface area contributed by atoms with Crippen LogP contribution in [0, 0.1) is 0 Å². The van der Waals surface area contributed by atoms with Crippen molar-refractivity contribution in [1.29, 1.82) is 0 Å². The summed E-state index contributed by atoms with van der Waals surface area (Å²) in [5.41, 5.74) is 7.00. The van der Waals surface area contributed by atoms with E-state index < -0.39 is 0 Å². The molecule has 0 saturated heterocycles. The number of methoxy groups -OCH3 is 1. The molecule has 4 aromatic rings. The first-order chi connectivity index (χ1) is 14.8. The predicted molar refractivity (Wildman–Crippen MR) is 123 cm³/mol. The Morgan fingerprint density at radius 1 is 0.967 bits per heavy atom. The first-order valence-electron chi connectivity index (χ1n) is 9.46. The fraction of sp³-hybridized carbons (Fsp3) is 0.0833. The molecule has 0 saturated carbocycles. The Morgan fingerprint density at radius 2 is 1.73 bits per heavy atom. The number of hydrogen-bond donors (Lipinski definition) is 1. The third-order valence-electron chi connectivity index (χ3n) is 4.37. The predicted octanol–water partition coefficient (Wildman–Crippen LogP) is 5.84. The van der Waals surface area contributed by atoms with Crippen molar-refractivity contribution >= 4 is 22.7 Å². The maximum absolute atomic E-state index is 5.89. The monoisotopic (exact) mass is 415 g/mol. The van der Waals surface area contributed by atoms with Gasteiger partial charge in [0.2, 0.25) is 5.13 Å². The molecule has 0 bridgehead atoms. The molecule has 0 unspecified atom stereocenters. The van der Waals surface area contributed by atoms with Gasteiger partial charge < -0.3 is 9.47 Å². The second kappa shape index (κ2) is 9.71. The summed E-state index contributed by atoms with van der Waals surface area (Å²) in [7, 11) is 1.63. The SMILES string of the molecule is COc1cc(/C=N\Nc2nc(-c3ccccc3)cs2)ccc1OCc1ccccc1. The third kappa shape index (κ3) is 5.04. The van der Waals surface area contributed by atoms with E-state index in [2.05, 4.69) is 15.5 Å². The Kier molecular flexibility index (Phi) is 6.37. The van der Waals surface area contributed by atoms with E-state index in [0.29, 0.717) is 18.1 Å². The summed E-state index contributed by atoms with van der Waals surface area (Å²) in [6.45, 7) is 0.486. The second-order valence-electron chi connectivity index (χ2n) is 6.46. The van der Waals surface area contributed by atoms with Gasteiger partial charge in [-0.2, -0.15) is 5.10 Å². The standard InChI is InChI=1S/C24H21N3O2S/c1-28-23-14-19(12-13-22(23)29-16-18-8-4-2-5-9-18)15-25-27-24-26-21(17-30-24)20-10-6-3-7-11-20/h2-15,17H,16H2,1H3,(H,26,27)/b25-15-. The van der Waals surface area contributed by atoms with E-state index in [1.54, 1.807) is 13.3 Å². The normalized spacial score (nSPS) is 10.8. The fourth-order valence-electron chi connectivity index (χ4n) is 2.85. The average Bonchev–Trinajstić information content (AvgIpc) is 3.28. The molecular formula is C24H21N3O2S. The van der Waals surface area contributed by atoms with Crippen molar-refractivity contribution in [3.8, 4) is 22.8 Å². The molecule has 3 aromatic carbocycles. The number of hydrazone groups is 1. The second-order valence-corrected chi connectivity index (χ2v) is 7.32. The molecule has 150 valence electrons. The van der Waals surface area contributed by atoms with Crippen LogP contribution in [0.2, 0.25) is 0 Å². The maximum atomic E-state index is 5.89. The molecule has 30 heavy (non-hydrogen) atoms. The smallest absolute Gasteiger partial charge is 0.203 e. The van der Waals surface area contributed by atoms with Crippen molar-refractivity contribution < 1.29 is 9.47 Å². The van der Waals surface area contributed by atoms with Crippen molar-refractivity contribution in [1.82, 2.24) is 4.98 Å². The van der Waals surface area contributed by atoms with E-state index in [9.17, 15) is 0 Å². The summed E-state index contributed by atoms with van der Waals surface area (Å²) in [6, 6.07) is 25.8. The third-order valence-corrected chi connectivity index (χ3v) is 5.12. The summed E-state index contributed by atoms with van der Waals surface area (Å²) < 4.78 is 11.4. The number of benzene rings is 3. The van der Waals surface area contributed by atoms with Gasteiger partial charge in [-0.05, 0) is 29.3 Å².